The molecule has 0 fully saturated rings. The number of hydrogen-bond acceptors (Lipinski definition) is 4. The Kier molecular flexibility index (Phi) is 1.57. The number of rotatable bonds is 2. The smallest absolute Gasteiger partial charge is 0.142 e. The molecule has 0 saturated heterocycles. The average Bonchev–Trinajstić information content (AvgIpc) is 2.60. The van der Waals surface area contributed by atoms with E-state index in [1.165, 1.54) is 0 Å². The van der Waals surface area contributed by atoms with E-state index in [0.717, 1.165) is 11.6 Å². The van der Waals surface area contributed by atoms with Crippen LogP contribution in [0.15, 0.2) is 23.2 Å². The van der Waals surface area contributed by atoms with Gasteiger partial charge in [0.2, 0.25) is 0 Å². The lowest BCUT2D eigenvalue weighted by Gasteiger charge is -1.95. The molecule has 56 valence electrons. The summed E-state index contributed by atoms with van der Waals surface area (Å²) in [4.78, 5) is 4.05. The number of aromatic nitrogens is 3. The predicted octanol–water partition coefficient (Wildman–Crippen LogP) is 1.61. The molecule has 2 aromatic rings. The lowest BCUT2D eigenvalue weighted by molar-refractivity contribution is 1.09. The lowest BCUT2D eigenvalue weighted by atomic mass is 10.6. The Labute approximate surface area is 67.3 Å². The molecule has 0 aliphatic carbocycles. The molecule has 0 radical (unpaired) electrons. The quantitative estimate of drug-likeness (QED) is 0.712. The van der Waals surface area contributed by atoms with Crippen LogP contribution in [0.1, 0.15) is 0 Å². The molecule has 0 spiro atoms. The first-order valence-corrected chi connectivity index (χ1v) is 4.04. The van der Waals surface area contributed by atoms with Gasteiger partial charge in [-0.3, -0.25) is 5.10 Å². The van der Waals surface area contributed by atoms with Gasteiger partial charge in [-0.15, -0.1) is 11.3 Å². The highest BCUT2D eigenvalue weighted by molar-refractivity contribution is 7.07. The van der Waals surface area contributed by atoms with Gasteiger partial charge in [-0.05, 0) is 0 Å². The summed E-state index contributed by atoms with van der Waals surface area (Å²) in [7, 11) is 0. The van der Waals surface area contributed by atoms with Gasteiger partial charge in [0, 0.05) is 11.4 Å². The van der Waals surface area contributed by atoms with Crippen molar-refractivity contribution >= 4 is 23.0 Å². The molecule has 0 unspecified atom stereocenters. The zero-order valence-electron chi connectivity index (χ0n) is 5.61. The van der Waals surface area contributed by atoms with E-state index in [0.29, 0.717) is 0 Å². The van der Waals surface area contributed by atoms with E-state index in [1.54, 1.807) is 23.0 Å². The maximum atomic E-state index is 4.05. The van der Waals surface area contributed by atoms with Crippen LogP contribution in [0.5, 0.6) is 0 Å². The molecule has 0 atom stereocenters. The normalized spacial score (nSPS) is 9.82. The molecule has 0 bridgehead atoms. The van der Waals surface area contributed by atoms with Gasteiger partial charge in [-0.1, -0.05) is 0 Å². The van der Waals surface area contributed by atoms with Gasteiger partial charge >= 0.3 is 0 Å². The van der Waals surface area contributed by atoms with Crippen LogP contribution >= 0.6 is 11.3 Å². The summed E-state index contributed by atoms with van der Waals surface area (Å²) in [6.45, 7) is 0. The van der Waals surface area contributed by atoms with Gasteiger partial charge in [-0.25, -0.2) is 4.98 Å². The Balaban J connectivity index is 2.14. The van der Waals surface area contributed by atoms with Crippen molar-refractivity contribution in [1.29, 1.82) is 0 Å². The molecule has 0 aliphatic heterocycles. The lowest BCUT2D eigenvalue weighted by Crippen LogP contribution is -1.89. The molecule has 5 heteroatoms. The van der Waals surface area contributed by atoms with Crippen LogP contribution < -0.4 is 5.32 Å². The standard InChI is InChI=1S/C6H6N4S/c1-2-8-10-5(1)9-6-3-11-4-7-6/h1-4H,(H2,8,9,10). The maximum absolute atomic E-state index is 4.05. The molecular weight excluding hydrogens is 160 g/mol. The maximum Gasteiger partial charge on any atom is 0.142 e. The minimum absolute atomic E-state index is 0.847. The average molecular weight is 166 g/mol. The molecular formula is C6H6N4S. The molecule has 2 aromatic heterocycles. The number of aromatic amines is 1. The van der Waals surface area contributed by atoms with E-state index < -0.39 is 0 Å². The molecule has 2 N–H and O–H groups in total. The van der Waals surface area contributed by atoms with E-state index in [4.69, 9.17) is 0 Å². The van der Waals surface area contributed by atoms with Gasteiger partial charge in [0.25, 0.3) is 0 Å². The van der Waals surface area contributed by atoms with Crippen molar-refractivity contribution in [3.05, 3.63) is 23.2 Å². The molecule has 2 heterocycles. The van der Waals surface area contributed by atoms with E-state index in [2.05, 4.69) is 20.5 Å². The minimum Gasteiger partial charge on any atom is -0.325 e. The van der Waals surface area contributed by atoms with E-state index >= 15 is 0 Å². The van der Waals surface area contributed by atoms with Crippen LogP contribution in [0.25, 0.3) is 0 Å². The second-order valence-electron chi connectivity index (χ2n) is 1.97. The van der Waals surface area contributed by atoms with Crippen molar-refractivity contribution in [2.24, 2.45) is 0 Å². The molecule has 4 nitrogen and oxygen atoms in total. The molecule has 11 heavy (non-hydrogen) atoms. The third-order valence-corrected chi connectivity index (χ3v) is 1.78. The SMILES string of the molecule is c1cc(Nc2cscn2)[nH]n1. The minimum atomic E-state index is 0.847. The summed E-state index contributed by atoms with van der Waals surface area (Å²) in [5.41, 5.74) is 1.78. The molecule has 2 rings (SSSR count). The molecule has 0 saturated carbocycles. The summed E-state index contributed by atoms with van der Waals surface area (Å²) < 4.78 is 0. The Hall–Kier alpha value is -1.36. The van der Waals surface area contributed by atoms with Crippen molar-refractivity contribution in [1.82, 2.24) is 15.2 Å². The van der Waals surface area contributed by atoms with Crippen LogP contribution in [0.3, 0.4) is 0 Å². The summed E-state index contributed by atoms with van der Waals surface area (Å²) in [6, 6.07) is 1.85. The zero-order valence-corrected chi connectivity index (χ0v) is 6.43. The van der Waals surface area contributed by atoms with E-state index in [-0.39, 0.29) is 0 Å². The Morgan fingerprint density at radius 2 is 2.55 bits per heavy atom. The van der Waals surface area contributed by atoms with Crippen LogP contribution in [0.4, 0.5) is 11.6 Å². The number of hydrogen-bond donors (Lipinski definition) is 2. The fourth-order valence-corrected chi connectivity index (χ4v) is 1.22. The second-order valence-corrected chi connectivity index (χ2v) is 2.69. The van der Waals surface area contributed by atoms with Gasteiger partial charge in [0.15, 0.2) is 0 Å². The highest BCUT2D eigenvalue weighted by Crippen LogP contribution is 2.12. The van der Waals surface area contributed by atoms with E-state index in [1.807, 2.05) is 11.4 Å². The zero-order chi connectivity index (χ0) is 7.52. The Morgan fingerprint density at radius 3 is 3.18 bits per heavy atom. The summed E-state index contributed by atoms with van der Waals surface area (Å²) >= 11 is 1.55. The molecule has 0 aliphatic rings. The largest absolute Gasteiger partial charge is 0.325 e. The van der Waals surface area contributed by atoms with Crippen molar-refractivity contribution in [2.75, 3.05) is 5.32 Å². The fraction of sp³-hybridized carbons (Fsp3) is 0. The molecule has 0 aromatic carbocycles. The number of nitrogens with one attached hydrogen (secondary N) is 2. The third kappa shape index (κ3) is 1.38. The first-order chi connectivity index (χ1) is 5.45. The Bertz CT molecular complexity index is 267. The third-order valence-electron chi connectivity index (χ3n) is 1.20. The first kappa shape index (κ1) is 6.36. The van der Waals surface area contributed by atoms with Crippen LogP contribution in [0, 0.1) is 0 Å². The highest BCUT2D eigenvalue weighted by atomic mass is 32.1. The van der Waals surface area contributed by atoms with Crippen LogP contribution in [-0.2, 0) is 0 Å². The van der Waals surface area contributed by atoms with E-state index in [9.17, 15) is 0 Å². The van der Waals surface area contributed by atoms with Crippen molar-refractivity contribution < 1.29 is 0 Å². The number of anilines is 2. The summed E-state index contributed by atoms with van der Waals surface area (Å²) in [5, 5.41) is 11.5. The Morgan fingerprint density at radius 1 is 1.55 bits per heavy atom. The highest BCUT2D eigenvalue weighted by Gasteiger charge is 1.94. The summed E-state index contributed by atoms with van der Waals surface area (Å²) in [5.74, 6) is 1.70. The van der Waals surface area contributed by atoms with Crippen molar-refractivity contribution in [3.8, 4) is 0 Å². The number of H-pyrrole nitrogens is 1. The van der Waals surface area contributed by atoms with Crippen LogP contribution in [0.2, 0.25) is 0 Å². The number of nitrogens with zero attached hydrogens (tertiary/aromatic N) is 2. The van der Waals surface area contributed by atoms with Gasteiger partial charge in [0.1, 0.15) is 11.6 Å². The van der Waals surface area contributed by atoms with Gasteiger partial charge in [0.05, 0.1) is 11.7 Å². The van der Waals surface area contributed by atoms with Gasteiger partial charge < -0.3 is 5.32 Å². The monoisotopic (exact) mass is 166 g/mol. The first-order valence-electron chi connectivity index (χ1n) is 3.10. The predicted molar refractivity (Wildman–Crippen MR) is 44.0 cm³/mol. The van der Waals surface area contributed by atoms with Crippen LogP contribution in [-0.4, -0.2) is 15.2 Å². The second kappa shape index (κ2) is 2.71. The molecule has 0 amide bonds. The fourth-order valence-electron chi connectivity index (χ4n) is 0.738. The van der Waals surface area contributed by atoms with Gasteiger partial charge in [-0.2, -0.15) is 5.10 Å². The van der Waals surface area contributed by atoms with Crippen molar-refractivity contribution in [2.45, 2.75) is 0 Å². The summed E-state index contributed by atoms with van der Waals surface area (Å²) in [6.07, 6.45) is 1.69. The number of thiazole rings is 1. The topological polar surface area (TPSA) is 53.6 Å². The van der Waals surface area contributed by atoms with Crippen molar-refractivity contribution in [3.63, 3.8) is 0 Å².